The van der Waals surface area contributed by atoms with Gasteiger partial charge in [0.05, 0.1) is 33.9 Å². The van der Waals surface area contributed by atoms with Crippen LogP contribution in [-0.4, -0.2) is 57.2 Å². The van der Waals surface area contributed by atoms with Gasteiger partial charge in [0.15, 0.2) is 11.5 Å². The average Bonchev–Trinajstić information content (AvgIpc) is 3.17. The Balaban J connectivity index is 1.60. The number of carbonyl (C=O) groups excluding carboxylic acids is 2. The van der Waals surface area contributed by atoms with Crippen LogP contribution in [0.15, 0.2) is 46.9 Å². The Kier molecular flexibility index (Phi) is 6.08. The van der Waals surface area contributed by atoms with Gasteiger partial charge >= 0.3 is 0 Å². The van der Waals surface area contributed by atoms with Gasteiger partial charge in [-0.05, 0) is 29.8 Å². The number of para-hydroxylation sites is 1. The molecule has 1 aliphatic rings. The predicted molar refractivity (Wildman–Crippen MR) is 115 cm³/mol. The van der Waals surface area contributed by atoms with Crippen molar-refractivity contribution in [2.75, 3.05) is 45.8 Å². The molecule has 0 atom stereocenters. The Hall–Kier alpha value is -3.52. The van der Waals surface area contributed by atoms with Crippen LogP contribution >= 0.6 is 0 Å². The van der Waals surface area contributed by atoms with Crippen molar-refractivity contribution in [2.24, 2.45) is 0 Å². The average molecular weight is 424 g/mol. The highest BCUT2D eigenvalue weighted by atomic mass is 16.5. The number of anilines is 1. The van der Waals surface area contributed by atoms with Crippen LogP contribution in [0.25, 0.3) is 11.0 Å². The third-order valence-electron chi connectivity index (χ3n) is 5.17. The molecule has 31 heavy (non-hydrogen) atoms. The summed E-state index contributed by atoms with van der Waals surface area (Å²) in [5.74, 6) is 0.732. The van der Waals surface area contributed by atoms with Gasteiger partial charge in [-0.15, -0.1) is 0 Å². The van der Waals surface area contributed by atoms with Gasteiger partial charge in [-0.2, -0.15) is 0 Å². The standard InChI is InChI=1S/C23H24N2O6/c1-28-18-8-7-15(13-19(18)29-2)14-20(26)24-21-16-5-3-4-6-17(16)31-22(21)23(27)25-9-11-30-12-10-25/h3-8,13H,9-12,14H2,1-2H3,(H,24,26). The molecule has 0 unspecified atom stereocenters. The Labute approximate surface area is 179 Å². The number of benzene rings is 2. The van der Waals surface area contributed by atoms with E-state index in [1.807, 2.05) is 18.2 Å². The van der Waals surface area contributed by atoms with Crippen molar-refractivity contribution >= 4 is 28.5 Å². The van der Waals surface area contributed by atoms with Crippen molar-refractivity contribution in [3.63, 3.8) is 0 Å². The number of ether oxygens (including phenoxy) is 3. The quantitative estimate of drug-likeness (QED) is 0.654. The molecule has 1 aliphatic heterocycles. The number of amides is 2. The molecule has 8 nitrogen and oxygen atoms in total. The summed E-state index contributed by atoms with van der Waals surface area (Å²) in [6.07, 6.45) is 0.102. The van der Waals surface area contributed by atoms with Crippen molar-refractivity contribution in [2.45, 2.75) is 6.42 Å². The fraction of sp³-hybridized carbons (Fsp3) is 0.304. The smallest absolute Gasteiger partial charge is 0.291 e. The normalized spacial score (nSPS) is 13.8. The summed E-state index contributed by atoms with van der Waals surface area (Å²) in [7, 11) is 3.10. The van der Waals surface area contributed by atoms with Crippen LogP contribution in [0.1, 0.15) is 16.1 Å². The zero-order valence-corrected chi connectivity index (χ0v) is 17.5. The maximum Gasteiger partial charge on any atom is 0.291 e. The van der Waals surface area contributed by atoms with E-state index in [1.165, 1.54) is 0 Å². The fourth-order valence-corrected chi connectivity index (χ4v) is 3.59. The van der Waals surface area contributed by atoms with E-state index in [2.05, 4.69) is 5.32 Å². The first kappa shape index (κ1) is 20.7. The molecule has 0 spiro atoms. The number of nitrogens with zero attached hydrogens (tertiary/aromatic N) is 1. The van der Waals surface area contributed by atoms with Gasteiger partial charge in [-0.1, -0.05) is 18.2 Å². The molecule has 2 amide bonds. The van der Waals surface area contributed by atoms with Crippen LogP contribution in [0, 0.1) is 0 Å². The van der Waals surface area contributed by atoms with Crippen LogP contribution in [0.5, 0.6) is 11.5 Å². The topological polar surface area (TPSA) is 90.2 Å². The molecule has 3 aromatic rings. The molecule has 2 heterocycles. The third-order valence-corrected chi connectivity index (χ3v) is 5.17. The van der Waals surface area contributed by atoms with Crippen molar-refractivity contribution in [1.29, 1.82) is 0 Å². The summed E-state index contributed by atoms with van der Waals surface area (Å²) in [6, 6.07) is 12.6. The van der Waals surface area contributed by atoms with Crippen molar-refractivity contribution < 1.29 is 28.2 Å². The SMILES string of the molecule is COc1ccc(CC(=O)Nc2c(C(=O)N3CCOCC3)oc3ccccc23)cc1OC. The highest BCUT2D eigenvalue weighted by Gasteiger charge is 2.27. The van der Waals surface area contributed by atoms with Gasteiger partial charge in [0.25, 0.3) is 5.91 Å². The van der Waals surface area contributed by atoms with Gasteiger partial charge in [-0.3, -0.25) is 9.59 Å². The highest BCUT2D eigenvalue weighted by molar-refractivity contribution is 6.11. The maximum atomic E-state index is 13.1. The molecule has 4 rings (SSSR count). The Morgan fingerprint density at radius 1 is 1.03 bits per heavy atom. The van der Waals surface area contributed by atoms with Gasteiger partial charge < -0.3 is 28.8 Å². The molecule has 0 aliphatic carbocycles. The van der Waals surface area contributed by atoms with Crippen molar-refractivity contribution in [3.05, 3.63) is 53.8 Å². The number of rotatable bonds is 6. The molecular weight excluding hydrogens is 400 g/mol. The zero-order valence-electron chi connectivity index (χ0n) is 17.5. The second-order valence-corrected chi connectivity index (χ2v) is 7.12. The molecule has 0 radical (unpaired) electrons. The van der Waals surface area contributed by atoms with E-state index in [1.54, 1.807) is 43.4 Å². The number of methoxy groups -OCH3 is 2. The second kappa shape index (κ2) is 9.09. The number of furan rings is 1. The molecule has 1 aromatic heterocycles. The van der Waals surface area contributed by atoms with E-state index in [0.717, 1.165) is 5.56 Å². The summed E-state index contributed by atoms with van der Waals surface area (Å²) >= 11 is 0. The number of hydrogen-bond acceptors (Lipinski definition) is 6. The van der Waals surface area contributed by atoms with E-state index in [-0.39, 0.29) is 24.0 Å². The number of morpholine rings is 1. The van der Waals surface area contributed by atoms with Gasteiger partial charge in [-0.25, -0.2) is 0 Å². The van der Waals surface area contributed by atoms with E-state index in [4.69, 9.17) is 18.6 Å². The largest absolute Gasteiger partial charge is 0.493 e. The second-order valence-electron chi connectivity index (χ2n) is 7.12. The monoisotopic (exact) mass is 424 g/mol. The number of nitrogens with one attached hydrogen (secondary N) is 1. The summed E-state index contributed by atoms with van der Waals surface area (Å²) in [4.78, 5) is 27.6. The molecular formula is C23H24N2O6. The van der Waals surface area contributed by atoms with E-state index < -0.39 is 0 Å². The fourth-order valence-electron chi connectivity index (χ4n) is 3.59. The Bertz CT molecular complexity index is 1100. The number of carbonyl (C=O) groups is 2. The lowest BCUT2D eigenvalue weighted by atomic mass is 10.1. The summed E-state index contributed by atoms with van der Waals surface area (Å²) in [5, 5.41) is 3.56. The predicted octanol–water partition coefficient (Wildman–Crippen LogP) is 3.10. The van der Waals surface area contributed by atoms with Crippen LogP contribution in [0.4, 0.5) is 5.69 Å². The lowest BCUT2D eigenvalue weighted by molar-refractivity contribution is -0.115. The van der Waals surface area contributed by atoms with E-state index in [9.17, 15) is 9.59 Å². The van der Waals surface area contributed by atoms with E-state index >= 15 is 0 Å². The van der Waals surface area contributed by atoms with E-state index in [0.29, 0.717) is 54.5 Å². The molecule has 1 N–H and O–H groups in total. The molecule has 1 saturated heterocycles. The highest BCUT2D eigenvalue weighted by Crippen LogP contribution is 2.32. The maximum absolute atomic E-state index is 13.1. The summed E-state index contributed by atoms with van der Waals surface area (Å²) < 4.78 is 21.7. The first-order valence-electron chi connectivity index (χ1n) is 10.00. The molecule has 8 heteroatoms. The molecule has 162 valence electrons. The van der Waals surface area contributed by atoms with Crippen LogP contribution in [0.2, 0.25) is 0 Å². The summed E-state index contributed by atoms with van der Waals surface area (Å²) in [6.45, 7) is 1.92. The first-order chi connectivity index (χ1) is 15.1. The zero-order chi connectivity index (χ0) is 21.8. The molecule has 0 saturated carbocycles. The van der Waals surface area contributed by atoms with Crippen molar-refractivity contribution in [1.82, 2.24) is 4.90 Å². The number of fused-ring (bicyclic) bond motifs is 1. The molecule has 2 aromatic carbocycles. The minimum atomic E-state index is -0.269. The number of hydrogen-bond donors (Lipinski definition) is 1. The van der Waals surface area contributed by atoms with Gasteiger partial charge in [0.2, 0.25) is 11.7 Å². The summed E-state index contributed by atoms with van der Waals surface area (Å²) in [5.41, 5.74) is 1.68. The van der Waals surface area contributed by atoms with Crippen LogP contribution in [0.3, 0.4) is 0 Å². The minimum Gasteiger partial charge on any atom is -0.493 e. The van der Waals surface area contributed by atoms with Crippen molar-refractivity contribution in [3.8, 4) is 11.5 Å². The van der Waals surface area contributed by atoms with Gasteiger partial charge in [0.1, 0.15) is 11.3 Å². The van der Waals surface area contributed by atoms with Crippen LogP contribution < -0.4 is 14.8 Å². The Morgan fingerprint density at radius 2 is 1.77 bits per heavy atom. The lowest BCUT2D eigenvalue weighted by Gasteiger charge is -2.26. The molecule has 1 fully saturated rings. The first-order valence-corrected chi connectivity index (χ1v) is 10.00. The third kappa shape index (κ3) is 4.34. The molecule has 0 bridgehead atoms. The van der Waals surface area contributed by atoms with Crippen LogP contribution in [-0.2, 0) is 16.0 Å². The minimum absolute atomic E-state index is 0.102. The lowest BCUT2D eigenvalue weighted by Crippen LogP contribution is -2.40. The Morgan fingerprint density at radius 3 is 2.52 bits per heavy atom. The van der Waals surface area contributed by atoms with Gasteiger partial charge in [0, 0.05) is 18.5 Å².